The Labute approximate surface area is 176 Å². The Morgan fingerprint density at radius 3 is 2.21 bits per heavy atom. The molecule has 0 aliphatic rings. The number of amides is 1. The summed E-state index contributed by atoms with van der Waals surface area (Å²) in [6.07, 6.45) is 0. The molecule has 0 saturated heterocycles. The van der Waals surface area contributed by atoms with E-state index in [0.29, 0.717) is 12.1 Å². The zero-order valence-electron chi connectivity index (χ0n) is 16.4. The first kappa shape index (κ1) is 21.2. The summed E-state index contributed by atoms with van der Waals surface area (Å²) in [6, 6.07) is 21.7. The van der Waals surface area contributed by atoms with E-state index < -0.39 is 10.0 Å². The molecule has 5 nitrogen and oxygen atoms in total. The highest BCUT2D eigenvalue weighted by atomic mass is 32.2. The van der Waals surface area contributed by atoms with Crippen LogP contribution in [-0.2, 0) is 23.1 Å². The van der Waals surface area contributed by atoms with Crippen LogP contribution in [0.4, 0.5) is 0 Å². The zero-order valence-corrected chi connectivity index (χ0v) is 18.0. The number of hydrogen-bond donors (Lipinski definition) is 1. The molecule has 1 amide bonds. The number of hydrogen-bond acceptors (Lipinski definition) is 4. The summed E-state index contributed by atoms with van der Waals surface area (Å²) in [4.78, 5) is 13.0. The van der Waals surface area contributed by atoms with Crippen molar-refractivity contribution in [1.29, 1.82) is 0 Å². The van der Waals surface area contributed by atoms with Gasteiger partial charge in [0.2, 0.25) is 0 Å². The molecule has 0 fully saturated rings. The monoisotopic (exact) mass is 428 g/mol. The van der Waals surface area contributed by atoms with E-state index in [4.69, 9.17) is 0 Å². The summed E-state index contributed by atoms with van der Waals surface area (Å²) in [6.45, 7) is 4.34. The van der Waals surface area contributed by atoms with Gasteiger partial charge in [0.25, 0.3) is 15.9 Å². The van der Waals surface area contributed by atoms with Gasteiger partial charge in [0.1, 0.15) is 4.21 Å². The van der Waals surface area contributed by atoms with E-state index >= 15 is 0 Å². The maximum Gasteiger partial charge on any atom is 0.253 e. The molecular weight excluding hydrogens is 404 g/mol. The third kappa shape index (κ3) is 5.32. The topological polar surface area (TPSA) is 66.5 Å². The molecule has 0 aliphatic carbocycles. The molecule has 2 aromatic carbocycles. The Morgan fingerprint density at radius 2 is 1.59 bits per heavy atom. The van der Waals surface area contributed by atoms with Crippen LogP contribution in [-0.4, -0.2) is 24.7 Å². The van der Waals surface area contributed by atoms with Gasteiger partial charge in [-0.25, -0.2) is 8.42 Å². The van der Waals surface area contributed by atoms with Crippen molar-refractivity contribution in [3.8, 4) is 0 Å². The van der Waals surface area contributed by atoms with E-state index in [1.54, 1.807) is 36.4 Å². The van der Waals surface area contributed by atoms with Crippen LogP contribution in [0.15, 0.2) is 77.0 Å². The van der Waals surface area contributed by atoms with Crippen LogP contribution in [0.2, 0.25) is 0 Å². The number of nitrogens with one attached hydrogen (secondary N) is 1. The van der Waals surface area contributed by atoms with Crippen LogP contribution in [0.1, 0.15) is 34.6 Å². The molecule has 1 aromatic heterocycles. The van der Waals surface area contributed by atoms with Crippen LogP contribution in [0.3, 0.4) is 0 Å². The maximum absolute atomic E-state index is 13.2. The molecule has 0 atom stereocenters. The minimum absolute atomic E-state index is 0.177. The Morgan fingerprint density at radius 1 is 0.966 bits per heavy atom. The maximum atomic E-state index is 13.2. The Kier molecular flexibility index (Phi) is 6.84. The number of sulfonamides is 1. The van der Waals surface area contributed by atoms with Gasteiger partial charge in [0, 0.05) is 23.0 Å². The summed E-state index contributed by atoms with van der Waals surface area (Å²) in [7, 11) is -3.63. The third-order valence-electron chi connectivity index (χ3n) is 4.42. The average Bonchev–Trinajstić information content (AvgIpc) is 3.21. The summed E-state index contributed by atoms with van der Waals surface area (Å²) in [5.74, 6) is -0.184. The molecule has 0 saturated carbocycles. The second-order valence-corrected chi connectivity index (χ2v) is 10.2. The highest BCUT2D eigenvalue weighted by Gasteiger charge is 2.28. The van der Waals surface area contributed by atoms with Crippen LogP contribution < -0.4 is 5.32 Å². The lowest BCUT2D eigenvalue weighted by Crippen LogP contribution is -2.36. The summed E-state index contributed by atoms with van der Waals surface area (Å²) in [5.41, 5.74) is 1.52. The first-order valence-electron chi connectivity index (χ1n) is 9.35. The summed E-state index contributed by atoms with van der Waals surface area (Å²) in [5, 5.41) is 2.83. The van der Waals surface area contributed by atoms with Gasteiger partial charge in [-0.2, -0.15) is 4.31 Å². The van der Waals surface area contributed by atoms with Crippen molar-refractivity contribution in [2.24, 2.45) is 0 Å². The Bertz CT molecular complexity index is 1050. The molecule has 7 heteroatoms. The van der Waals surface area contributed by atoms with Crippen molar-refractivity contribution in [3.63, 3.8) is 0 Å². The van der Waals surface area contributed by atoms with Crippen LogP contribution in [0.25, 0.3) is 0 Å². The number of nitrogens with zero attached hydrogens (tertiary/aromatic N) is 1. The predicted octanol–water partition coefficient (Wildman–Crippen LogP) is 4.28. The first-order chi connectivity index (χ1) is 13.9. The molecule has 3 aromatic rings. The van der Waals surface area contributed by atoms with Crippen LogP contribution in [0.5, 0.6) is 0 Å². The van der Waals surface area contributed by atoms with Crippen LogP contribution >= 0.6 is 11.3 Å². The fourth-order valence-corrected chi connectivity index (χ4v) is 5.92. The van der Waals surface area contributed by atoms with Gasteiger partial charge in [0.05, 0.1) is 6.54 Å². The minimum atomic E-state index is -3.63. The minimum Gasteiger partial charge on any atom is -0.347 e. The largest absolute Gasteiger partial charge is 0.347 e. The molecule has 0 aliphatic heterocycles. The molecule has 1 heterocycles. The third-order valence-corrected chi connectivity index (χ3v) is 7.99. The second kappa shape index (κ2) is 9.35. The van der Waals surface area contributed by atoms with E-state index in [0.717, 1.165) is 10.4 Å². The van der Waals surface area contributed by atoms with Gasteiger partial charge >= 0.3 is 0 Å². The van der Waals surface area contributed by atoms with Gasteiger partial charge in [-0.05, 0) is 43.7 Å². The molecule has 0 radical (unpaired) electrons. The number of thiophene rings is 1. The fourth-order valence-electron chi connectivity index (χ4n) is 2.87. The van der Waals surface area contributed by atoms with Crippen molar-refractivity contribution in [1.82, 2.24) is 9.62 Å². The van der Waals surface area contributed by atoms with Crippen molar-refractivity contribution < 1.29 is 13.2 Å². The molecule has 0 unspecified atom stereocenters. The predicted molar refractivity (Wildman–Crippen MR) is 116 cm³/mol. The van der Waals surface area contributed by atoms with E-state index in [9.17, 15) is 13.2 Å². The lowest BCUT2D eigenvalue weighted by molar-refractivity contribution is 0.0951. The average molecular weight is 429 g/mol. The molecule has 0 spiro atoms. The van der Waals surface area contributed by atoms with E-state index in [1.807, 2.05) is 50.2 Å². The first-order valence-corrected chi connectivity index (χ1v) is 11.6. The van der Waals surface area contributed by atoms with Crippen molar-refractivity contribution >= 4 is 27.3 Å². The quantitative estimate of drug-likeness (QED) is 0.582. The normalized spacial score (nSPS) is 11.7. The molecule has 3 rings (SSSR count). The van der Waals surface area contributed by atoms with E-state index in [2.05, 4.69) is 5.32 Å². The highest BCUT2D eigenvalue weighted by Crippen LogP contribution is 2.27. The van der Waals surface area contributed by atoms with Gasteiger partial charge in [-0.3, -0.25) is 4.79 Å². The molecule has 29 heavy (non-hydrogen) atoms. The zero-order chi connectivity index (χ0) is 20.9. The Balaban J connectivity index is 1.72. The summed E-state index contributed by atoms with van der Waals surface area (Å²) >= 11 is 1.19. The van der Waals surface area contributed by atoms with Crippen molar-refractivity contribution in [2.45, 2.75) is 37.2 Å². The van der Waals surface area contributed by atoms with Gasteiger partial charge < -0.3 is 5.32 Å². The van der Waals surface area contributed by atoms with Crippen molar-refractivity contribution in [2.75, 3.05) is 0 Å². The smallest absolute Gasteiger partial charge is 0.253 e. The fraction of sp³-hybridized carbons (Fsp3) is 0.227. The Hall–Kier alpha value is -2.48. The molecular formula is C22H24N2O3S2. The number of benzene rings is 2. The summed E-state index contributed by atoms with van der Waals surface area (Å²) < 4.78 is 28.2. The highest BCUT2D eigenvalue weighted by molar-refractivity contribution is 7.91. The number of carbonyl (C=O) groups excluding carboxylic acids is 1. The number of carbonyl (C=O) groups is 1. The van der Waals surface area contributed by atoms with Gasteiger partial charge in [-0.1, -0.05) is 48.5 Å². The molecule has 1 N–H and O–H groups in total. The second-order valence-electron chi connectivity index (χ2n) is 6.90. The SMILES string of the molecule is CC(C)N(Cc1ccccc1)S(=O)(=O)c1ccc(CNC(=O)c2ccccc2)s1. The van der Waals surface area contributed by atoms with Crippen LogP contribution in [0, 0.1) is 0 Å². The standard InChI is InChI=1S/C22H24N2O3S2/c1-17(2)24(16-18-9-5-3-6-10-18)29(26,27)21-14-13-20(28-21)15-23-22(25)19-11-7-4-8-12-19/h3-14,17H,15-16H2,1-2H3,(H,23,25). The number of rotatable bonds is 8. The van der Waals surface area contributed by atoms with Crippen molar-refractivity contribution in [3.05, 3.63) is 88.8 Å². The van der Waals surface area contributed by atoms with E-state index in [-0.39, 0.29) is 22.7 Å². The van der Waals surface area contributed by atoms with Gasteiger partial charge in [0.15, 0.2) is 0 Å². The molecule has 152 valence electrons. The lowest BCUT2D eigenvalue weighted by atomic mass is 10.2. The van der Waals surface area contributed by atoms with E-state index in [1.165, 1.54) is 15.6 Å². The van der Waals surface area contributed by atoms with Gasteiger partial charge in [-0.15, -0.1) is 11.3 Å². The lowest BCUT2D eigenvalue weighted by Gasteiger charge is -2.25. The molecule has 0 bridgehead atoms.